The van der Waals surface area contributed by atoms with Crippen molar-refractivity contribution < 1.29 is 38.8 Å². The van der Waals surface area contributed by atoms with Gasteiger partial charge in [0.15, 0.2) is 0 Å². The van der Waals surface area contributed by atoms with Crippen LogP contribution in [0.5, 0.6) is 0 Å². The summed E-state index contributed by atoms with van der Waals surface area (Å²) < 4.78 is 16.1. The molecular weight excluding hydrogens is 632 g/mol. The van der Waals surface area contributed by atoms with Crippen molar-refractivity contribution in [3.63, 3.8) is 0 Å². The van der Waals surface area contributed by atoms with Crippen LogP contribution in [0.15, 0.2) is 85.0 Å². The number of benzene rings is 2. The second-order valence-corrected chi connectivity index (χ2v) is 13.0. The Morgan fingerprint density at radius 1 is 0.720 bits per heavy atom. The van der Waals surface area contributed by atoms with Crippen molar-refractivity contribution in [2.45, 2.75) is 104 Å². The first-order valence-electron chi connectivity index (χ1n) is 17.9. The Bertz CT molecular complexity index is 1290. The summed E-state index contributed by atoms with van der Waals surface area (Å²) in [5.74, 6) is -0.469. The summed E-state index contributed by atoms with van der Waals surface area (Å²) in [4.78, 5) is 35.3. The molecule has 8 nitrogen and oxygen atoms in total. The second kappa shape index (κ2) is 24.7. The first kappa shape index (κ1) is 42.7. The Morgan fingerprint density at radius 3 is 1.58 bits per heavy atom. The van der Waals surface area contributed by atoms with Crippen LogP contribution in [0.4, 0.5) is 0 Å². The Balaban J connectivity index is 0.000000342. The molecule has 2 aromatic rings. The highest BCUT2D eigenvalue weighted by Gasteiger charge is 2.41. The lowest BCUT2D eigenvalue weighted by Crippen LogP contribution is -2.25. The molecular formula is C42H60O8. The molecule has 0 spiro atoms. The predicted molar refractivity (Wildman–Crippen MR) is 197 cm³/mol. The van der Waals surface area contributed by atoms with E-state index in [0.717, 1.165) is 36.8 Å². The van der Waals surface area contributed by atoms with Gasteiger partial charge in [0, 0.05) is 42.9 Å². The zero-order valence-corrected chi connectivity index (χ0v) is 29.3. The Labute approximate surface area is 299 Å². The number of rotatable bonds is 19. The minimum absolute atomic E-state index is 0. The average molecular weight is 693 g/mol. The fraction of sp³-hybridized carbons (Fsp3) is 0.548. The van der Waals surface area contributed by atoms with E-state index in [4.69, 9.17) is 9.47 Å². The summed E-state index contributed by atoms with van der Waals surface area (Å²) in [7, 11) is 1.38. The lowest BCUT2D eigenvalue weighted by molar-refractivity contribution is -0.140. The molecule has 2 aliphatic carbocycles. The quantitative estimate of drug-likeness (QED) is 0.0878. The van der Waals surface area contributed by atoms with Gasteiger partial charge in [-0.2, -0.15) is 0 Å². The van der Waals surface area contributed by atoms with Gasteiger partial charge < -0.3 is 24.4 Å². The third-order valence-electron chi connectivity index (χ3n) is 9.33. The predicted octanol–water partition coefficient (Wildman–Crippen LogP) is 7.60. The molecule has 50 heavy (non-hydrogen) atoms. The molecule has 2 saturated carbocycles. The number of Topliss-reactive ketones (excluding diaryl/α,β-unsaturated/α-hetero) is 2. The number of ketones is 2. The van der Waals surface area contributed by atoms with E-state index < -0.39 is 12.2 Å². The summed E-state index contributed by atoms with van der Waals surface area (Å²) in [5.41, 5.74) is 2.19. The van der Waals surface area contributed by atoms with E-state index in [1.807, 2.05) is 72.8 Å². The van der Waals surface area contributed by atoms with Gasteiger partial charge in [0.1, 0.15) is 11.6 Å². The Morgan fingerprint density at radius 2 is 1.16 bits per heavy atom. The topological polar surface area (TPSA) is 119 Å². The van der Waals surface area contributed by atoms with Crippen LogP contribution in [0.25, 0.3) is 0 Å². The summed E-state index contributed by atoms with van der Waals surface area (Å²) in [6.07, 6.45) is 14.2. The minimum Gasteiger partial charge on any atom is -0.469 e. The molecule has 0 bridgehead atoms. The molecule has 2 N–H and O–H groups in total. The second-order valence-electron chi connectivity index (χ2n) is 13.0. The molecule has 0 heterocycles. The fourth-order valence-corrected chi connectivity index (χ4v) is 6.38. The number of methoxy groups -OCH3 is 1. The van der Waals surface area contributed by atoms with Gasteiger partial charge >= 0.3 is 5.97 Å². The number of carbonyl (C=O) groups excluding carboxylic acids is 3. The first-order valence-corrected chi connectivity index (χ1v) is 17.9. The Hall–Kier alpha value is -3.43. The average Bonchev–Trinajstić information content (AvgIpc) is 3.54. The van der Waals surface area contributed by atoms with Gasteiger partial charge in [0.2, 0.25) is 0 Å². The Kier molecular flexibility index (Phi) is 21.1. The highest BCUT2D eigenvalue weighted by atomic mass is 16.5. The van der Waals surface area contributed by atoms with Crippen molar-refractivity contribution in [1.29, 1.82) is 0 Å². The third-order valence-corrected chi connectivity index (χ3v) is 9.33. The molecule has 2 aromatic carbocycles. The SMILES string of the molecule is C.CCCC/C=C\CC1C(=O)CC(O)C1COCc1ccccc1.COC(=O)CCC/C=C\CC1C(=O)CC(O)C1COCc1ccccc1. The van der Waals surface area contributed by atoms with E-state index >= 15 is 0 Å². The molecule has 6 unspecified atom stereocenters. The zero-order chi connectivity index (χ0) is 35.3. The number of carbonyl (C=O) groups is 3. The molecule has 4 rings (SSSR count). The van der Waals surface area contributed by atoms with Crippen molar-refractivity contribution in [2.24, 2.45) is 23.7 Å². The van der Waals surface area contributed by atoms with E-state index in [1.54, 1.807) is 0 Å². The van der Waals surface area contributed by atoms with Gasteiger partial charge in [-0.15, -0.1) is 0 Å². The van der Waals surface area contributed by atoms with Crippen molar-refractivity contribution in [3.05, 3.63) is 96.1 Å². The first-order chi connectivity index (χ1) is 23.8. The number of unbranched alkanes of at least 4 members (excludes halogenated alkanes) is 3. The standard InChI is InChI=1S/C21H28O5.C20H28O3.CH4/c1-25-21(24)12-8-3-2-7-11-17-18(20(23)13-19(17)22)15-26-14-16-9-5-4-6-10-16;1-2-3-4-5-9-12-17-18(20(22)13-19(17)21)15-23-14-16-10-7-6-8-11-16;/h2,4-7,9-10,17-18,20,23H,3,8,11-15H2,1H3;5-11,17-18,20,22H,2-4,12-15H2,1H3;1H4/b7-2-;9-5-;. The number of ether oxygens (including phenoxy) is 3. The van der Waals surface area contributed by atoms with Gasteiger partial charge in [0.05, 0.1) is 45.7 Å². The maximum absolute atomic E-state index is 12.2. The summed E-state index contributed by atoms with van der Waals surface area (Å²) in [6, 6.07) is 19.8. The van der Waals surface area contributed by atoms with Crippen LogP contribution in [0, 0.1) is 23.7 Å². The molecule has 6 atom stereocenters. The third kappa shape index (κ3) is 15.2. The number of allylic oxidation sites excluding steroid dienone is 4. The summed E-state index contributed by atoms with van der Waals surface area (Å²) in [5, 5.41) is 20.3. The molecule has 0 aromatic heterocycles. The van der Waals surface area contributed by atoms with E-state index in [1.165, 1.54) is 20.0 Å². The molecule has 0 saturated heterocycles. The van der Waals surface area contributed by atoms with Gasteiger partial charge in [0.25, 0.3) is 0 Å². The van der Waals surface area contributed by atoms with E-state index in [0.29, 0.717) is 39.3 Å². The number of esters is 1. The molecule has 2 fully saturated rings. The maximum atomic E-state index is 12.2. The molecule has 0 aliphatic heterocycles. The van der Waals surface area contributed by atoms with E-state index in [2.05, 4.69) is 23.8 Å². The lowest BCUT2D eigenvalue weighted by atomic mass is 9.91. The van der Waals surface area contributed by atoms with Crippen LogP contribution in [0.1, 0.15) is 89.7 Å². The number of aliphatic hydroxyl groups excluding tert-OH is 2. The van der Waals surface area contributed by atoms with Crippen LogP contribution >= 0.6 is 0 Å². The van der Waals surface area contributed by atoms with E-state index in [9.17, 15) is 24.6 Å². The lowest BCUT2D eigenvalue weighted by Gasteiger charge is -2.20. The monoisotopic (exact) mass is 692 g/mol. The molecule has 2 aliphatic rings. The van der Waals surface area contributed by atoms with Gasteiger partial charge in [-0.05, 0) is 43.2 Å². The summed E-state index contributed by atoms with van der Waals surface area (Å²) >= 11 is 0. The smallest absolute Gasteiger partial charge is 0.305 e. The van der Waals surface area contributed by atoms with Crippen LogP contribution in [0.3, 0.4) is 0 Å². The highest BCUT2D eigenvalue weighted by molar-refractivity contribution is 5.85. The van der Waals surface area contributed by atoms with Gasteiger partial charge in [-0.1, -0.05) is 112 Å². The molecule has 8 heteroatoms. The van der Waals surface area contributed by atoms with Crippen molar-refractivity contribution in [3.8, 4) is 0 Å². The maximum Gasteiger partial charge on any atom is 0.305 e. The molecule has 0 amide bonds. The van der Waals surface area contributed by atoms with Crippen LogP contribution in [-0.4, -0.2) is 60.3 Å². The number of hydrogen-bond donors (Lipinski definition) is 2. The minimum atomic E-state index is -0.629. The number of hydrogen-bond acceptors (Lipinski definition) is 8. The number of aliphatic hydroxyl groups is 2. The van der Waals surface area contributed by atoms with E-state index in [-0.39, 0.29) is 61.5 Å². The summed E-state index contributed by atoms with van der Waals surface area (Å²) in [6.45, 7) is 3.99. The largest absolute Gasteiger partial charge is 0.469 e. The van der Waals surface area contributed by atoms with Crippen molar-refractivity contribution in [2.75, 3.05) is 20.3 Å². The highest BCUT2D eigenvalue weighted by Crippen LogP contribution is 2.34. The van der Waals surface area contributed by atoms with Crippen LogP contribution < -0.4 is 0 Å². The van der Waals surface area contributed by atoms with Crippen LogP contribution in [0.2, 0.25) is 0 Å². The van der Waals surface area contributed by atoms with Crippen LogP contribution in [-0.2, 0) is 41.8 Å². The zero-order valence-electron chi connectivity index (χ0n) is 29.3. The normalized spacial score (nSPS) is 23.2. The molecule has 0 radical (unpaired) electrons. The van der Waals surface area contributed by atoms with Crippen molar-refractivity contribution >= 4 is 17.5 Å². The van der Waals surface area contributed by atoms with Gasteiger partial charge in [-0.25, -0.2) is 0 Å². The molecule has 276 valence electrons. The van der Waals surface area contributed by atoms with Crippen molar-refractivity contribution in [1.82, 2.24) is 0 Å². The van der Waals surface area contributed by atoms with Gasteiger partial charge in [-0.3, -0.25) is 14.4 Å². The fourth-order valence-electron chi connectivity index (χ4n) is 6.38.